The lowest BCUT2D eigenvalue weighted by Gasteiger charge is -2.19. The third-order valence-electron chi connectivity index (χ3n) is 7.39. The maximum absolute atomic E-state index is 15.2. The highest BCUT2D eigenvalue weighted by Gasteiger charge is 2.24. The van der Waals surface area contributed by atoms with Crippen molar-refractivity contribution in [1.29, 1.82) is 0 Å². The van der Waals surface area contributed by atoms with E-state index in [2.05, 4.69) is 33.4 Å². The number of rotatable bonds is 4. The smallest absolute Gasteiger partial charge is 0.323 e. The van der Waals surface area contributed by atoms with Crippen LogP contribution in [0.5, 0.6) is 0 Å². The highest BCUT2D eigenvalue weighted by atomic mass is 19.1. The van der Waals surface area contributed by atoms with E-state index in [0.29, 0.717) is 29.1 Å². The van der Waals surface area contributed by atoms with Gasteiger partial charge in [-0.1, -0.05) is 30.3 Å². The molecule has 0 saturated heterocycles. The normalized spacial score (nSPS) is 14.3. The molecule has 40 heavy (non-hydrogen) atoms. The fraction of sp³-hybridized carbons (Fsp3) is 0.258. The molecule has 2 aliphatic rings. The fourth-order valence-corrected chi connectivity index (χ4v) is 5.23. The van der Waals surface area contributed by atoms with Gasteiger partial charge in [-0.3, -0.25) is 9.48 Å². The number of urea groups is 1. The summed E-state index contributed by atoms with van der Waals surface area (Å²) >= 11 is 0. The molecule has 0 spiro atoms. The molecule has 0 aliphatic carbocycles. The topological polar surface area (TPSA) is 100 Å². The fourth-order valence-electron chi connectivity index (χ4n) is 5.23. The van der Waals surface area contributed by atoms with E-state index < -0.39 is 11.8 Å². The third kappa shape index (κ3) is 4.84. The third-order valence-corrected chi connectivity index (χ3v) is 7.39. The summed E-state index contributed by atoms with van der Waals surface area (Å²) in [7, 11) is 0. The Morgan fingerprint density at radius 3 is 2.52 bits per heavy atom. The zero-order valence-corrected chi connectivity index (χ0v) is 22.7. The van der Waals surface area contributed by atoms with Crippen LogP contribution in [0, 0.1) is 5.82 Å². The number of hydrogen-bond acceptors (Lipinski definition) is 4. The lowest BCUT2D eigenvalue weighted by atomic mass is 9.96. The molecule has 8 nitrogen and oxygen atoms in total. The maximum Gasteiger partial charge on any atom is 0.323 e. The molecule has 0 atom stereocenters. The van der Waals surface area contributed by atoms with E-state index in [1.807, 2.05) is 37.6 Å². The van der Waals surface area contributed by atoms with Crippen LogP contribution in [0.15, 0.2) is 60.8 Å². The zero-order valence-electron chi connectivity index (χ0n) is 22.7. The zero-order chi connectivity index (χ0) is 28.0. The summed E-state index contributed by atoms with van der Waals surface area (Å²) in [4.78, 5) is 25.1. The summed E-state index contributed by atoms with van der Waals surface area (Å²) in [6, 6.07) is 15.7. The molecule has 4 N–H and O–H groups in total. The van der Waals surface area contributed by atoms with Crippen molar-refractivity contribution < 1.29 is 14.0 Å². The van der Waals surface area contributed by atoms with Gasteiger partial charge in [0.1, 0.15) is 11.5 Å². The number of fused-ring (bicyclic) bond motifs is 2. The van der Waals surface area contributed by atoms with Gasteiger partial charge in [0.25, 0.3) is 5.91 Å². The molecule has 0 unspecified atom stereocenters. The Balaban J connectivity index is 1.25. The number of benzene rings is 3. The number of carbonyl (C=O) groups excluding carboxylic acids is 2. The number of hydrogen-bond donors (Lipinski definition) is 4. The van der Waals surface area contributed by atoms with Gasteiger partial charge in [0.05, 0.1) is 16.9 Å². The van der Waals surface area contributed by atoms with E-state index in [1.54, 1.807) is 24.4 Å². The van der Waals surface area contributed by atoms with Gasteiger partial charge in [0.15, 0.2) is 0 Å². The molecule has 3 amide bonds. The Labute approximate surface area is 232 Å². The number of nitrogens with zero attached hydrogens (tertiary/aromatic N) is 2. The van der Waals surface area contributed by atoms with Crippen LogP contribution in [-0.4, -0.2) is 28.3 Å². The van der Waals surface area contributed by atoms with Crippen molar-refractivity contribution in [1.82, 2.24) is 20.4 Å². The second kappa shape index (κ2) is 9.91. The first-order valence-corrected chi connectivity index (χ1v) is 13.4. The lowest BCUT2D eigenvalue weighted by molar-refractivity contribution is 0.0965. The van der Waals surface area contributed by atoms with Crippen LogP contribution in [-0.2, 0) is 25.0 Å². The Kier molecular flexibility index (Phi) is 6.38. The first kappa shape index (κ1) is 25.8. The largest absolute Gasteiger partial charge is 0.348 e. The number of amides is 3. The molecule has 204 valence electrons. The van der Waals surface area contributed by atoms with Crippen LogP contribution in [0.2, 0.25) is 0 Å². The molecule has 0 bridgehead atoms. The first-order chi connectivity index (χ1) is 19.2. The maximum atomic E-state index is 15.2. The van der Waals surface area contributed by atoms with Crippen molar-refractivity contribution >= 4 is 23.3 Å². The summed E-state index contributed by atoms with van der Waals surface area (Å²) in [5, 5.41) is 16.5. The van der Waals surface area contributed by atoms with Crippen LogP contribution < -0.4 is 21.3 Å². The van der Waals surface area contributed by atoms with Gasteiger partial charge in [-0.2, -0.15) is 5.10 Å². The van der Waals surface area contributed by atoms with Gasteiger partial charge < -0.3 is 21.3 Å². The highest BCUT2D eigenvalue weighted by molar-refractivity contribution is 6.02. The molecule has 1 aromatic heterocycles. The summed E-state index contributed by atoms with van der Waals surface area (Å²) in [6.07, 6.45) is 2.74. The van der Waals surface area contributed by atoms with E-state index in [4.69, 9.17) is 5.10 Å². The van der Waals surface area contributed by atoms with Crippen molar-refractivity contribution in [2.24, 2.45) is 0 Å². The van der Waals surface area contributed by atoms with E-state index >= 15 is 4.39 Å². The van der Waals surface area contributed by atoms with Gasteiger partial charge in [-0.05, 0) is 85.8 Å². The molecule has 2 aliphatic heterocycles. The highest BCUT2D eigenvalue weighted by Crippen LogP contribution is 2.33. The predicted octanol–water partition coefficient (Wildman–Crippen LogP) is 5.64. The van der Waals surface area contributed by atoms with Crippen LogP contribution >= 0.6 is 0 Å². The Morgan fingerprint density at radius 2 is 1.73 bits per heavy atom. The van der Waals surface area contributed by atoms with Crippen molar-refractivity contribution in [3.8, 4) is 22.4 Å². The second-order valence-electron chi connectivity index (χ2n) is 11.2. The molecule has 6 rings (SSSR count). The molecular formula is C31H31FN6O2. The summed E-state index contributed by atoms with van der Waals surface area (Å²) < 4.78 is 17.0. The standard InChI is InChI=1S/C31H31FN6O2/c1-31(2,3)38-17-27(28(37-38)20-7-8-21-15-33-12-11-18(21)13-20)36-30(40)35-26-10-9-19(14-25(26)32)22-5-4-6-23-24(22)16-34-29(23)39/h4-10,13-14,17,33H,11-12,15-16H2,1-3H3,(H,34,39)(H2,35,36,40). The predicted molar refractivity (Wildman–Crippen MR) is 154 cm³/mol. The lowest BCUT2D eigenvalue weighted by Crippen LogP contribution is -2.23. The number of anilines is 2. The van der Waals surface area contributed by atoms with Gasteiger partial charge >= 0.3 is 6.03 Å². The van der Waals surface area contributed by atoms with Crippen molar-refractivity contribution in [3.05, 3.63) is 88.9 Å². The van der Waals surface area contributed by atoms with Gasteiger partial charge in [0.2, 0.25) is 0 Å². The minimum Gasteiger partial charge on any atom is -0.348 e. The Hall–Kier alpha value is -4.50. The Bertz CT molecular complexity index is 1650. The summed E-state index contributed by atoms with van der Waals surface area (Å²) in [5.74, 6) is -0.703. The molecule has 0 fully saturated rings. The van der Waals surface area contributed by atoms with Crippen molar-refractivity contribution in [2.75, 3.05) is 17.2 Å². The minimum atomic E-state index is -0.573. The average Bonchev–Trinajstić information content (AvgIpc) is 3.53. The van der Waals surface area contributed by atoms with Crippen LogP contribution in [0.25, 0.3) is 22.4 Å². The molecule has 3 heterocycles. The molecule has 4 aromatic rings. The second-order valence-corrected chi connectivity index (χ2v) is 11.2. The average molecular weight is 539 g/mol. The molecule has 9 heteroatoms. The molecule has 0 saturated carbocycles. The number of halogens is 1. The molecule has 0 radical (unpaired) electrons. The number of aromatic nitrogens is 2. The molecule has 3 aromatic carbocycles. The van der Waals surface area contributed by atoms with E-state index in [9.17, 15) is 9.59 Å². The van der Waals surface area contributed by atoms with E-state index in [0.717, 1.165) is 36.2 Å². The van der Waals surface area contributed by atoms with Crippen LogP contribution in [0.4, 0.5) is 20.6 Å². The van der Waals surface area contributed by atoms with Crippen LogP contribution in [0.3, 0.4) is 0 Å². The van der Waals surface area contributed by atoms with Crippen LogP contribution in [0.1, 0.15) is 47.8 Å². The minimum absolute atomic E-state index is 0.0501. The summed E-state index contributed by atoms with van der Waals surface area (Å²) in [6.45, 7) is 8.28. The molecular weight excluding hydrogens is 507 g/mol. The van der Waals surface area contributed by atoms with Crippen molar-refractivity contribution in [3.63, 3.8) is 0 Å². The number of nitrogens with one attached hydrogen (secondary N) is 4. The van der Waals surface area contributed by atoms with E-state index in [1.165, 1.54) is 23.3 Å². The van der Waals surface area contributed by atoms with E-state index in [-0.39, 0.29) is 17.1 Å². The monoisotopic (exact) mass is 538 g/mol. The van der Waals surface area contributed by atoms with Gasteiger partial charge in [-0.15, -0.1) is 0 Å². The first-order valence-electron chi connectivity index (χ1n) is 13.4. The van der Waals surface area contributed by atoms with Crippen molar-refractivity contribution in [2.45, 2.75) is 45.8 Å². The van der Waals surface area contributed by atoms with Gasteiger partial charge in [-0.25, -0.2) is 9.18 Å². The number of carbonyl (C=O) groups is 2. The Morgan fingerprint density at radius 1 is 0.950 bits per heavy atom. The van der Waals surface area contributed by atoms with Gasteiger partial charge in [0, 0.05) is 30.4 Å². The summed E-state index contributed by atoms with van der Waals surface area (Å²) in [5.41, 5.74) is 7.24. The SMILES string of the molecule is CC(C)(C)n1cc(NC(=O)Nc2ccc(-c3cccc4c3CNC4=O)cc2F)c(-c2ccc3c(c2)CCNC3)n1. The quantitative estimate of drug-likeness (QED) is 0.270.